The van der Waals surface area contributed by atoms with Crippen LogP contribution in [0.25, 0.3) is 0 Å². The van der Waals surface area contributed by atoms with E-state index in [2.05, 4.69) is 0 Å². The van der Waals surface area contributed by atoms with E-state index in [1.165, 1.54) is 0 Å². The maximum atomic E-state index is 9.62. The minimum absolute atomic E-state index is 0.293. The summed E-state index contributed by atoms with van der Waals surface area (Å²) in [6.45, 7) is 1.75. The molecule has 0 unspecified atom stereocenters. The quantitative estimate of drug-likeness (QED) is 0.464. The Morgan fingerprint density at radius 3 is 2.08 bits per heavy atom. The Kier molecular flexibility index (Phi) is 3.26. The number of likely N-dealkylation sites (N-methyl/N-ethyl adjacent to an activating group) is 1. The van der Waals surface area contributed by atoms with Crippen LogP contribution in [0.15, 0.2) is 0 Å². The molecular formula is C8H17NO4. The Labute approximate surface area is 77.5 Å². The summed E-state index contributed by atoms with van der Waals surface area (Å²) >= 11 is 0. The third-order valence-electron chi connectivity index (χ3n) is 2.42. The molecule has 0 aromatic rings. The van der Waals surface area contributed by atoms with E-state index >= 15 is 0 Å². The molecule has 78 valence electrons. The summed E-state index contributed by atoms with van der Waals surface area (Å²) in [6.07, 6.45) is -3.80. The van der Waals surface area contributed by atoms with Crippen LogP contribution in [-0.4, -0.2) is 65.0 Å². The number of rotatable bonds is 1. The van der Waals surface area contributed by atoms with Gasteiger partial charge in [-0.05, 0) is 21.0 Å². The average molecular weight is 191 g/mol. The molecule has 13 heavy (non-hydrogen) atoms. The SMILES string of the molecule is C[C@H]1O[C@H](O)[C@H](O)[C@@H](O)[C@H]1N(C)C. The van der Waals surface area contributed by atoms with Crippen molar-refractivity contribution in [2.75, 3.05) is 14.1 Å². The zero-order valence-corrected chi connectivity index (χ0v) is 8.08. The Hall–Kier alpha value is -0.200. The van der Waals surface area contributed by atoms with Crippen LogP contribution in [0.5, 0.6) is 0 Å². The smallest absolute Gasteiger partial charge is 0.183 e. The number of hydrogen-bond acceptors (Lipinski definition) is 5. The lowest BCUT2D eigenvalue weighted by Gasteiger charge is -2.42. The van der Waals surface area contributed by atoms with Crippen molar-refractivity contribution >= 4 is 0 Å². The minimum atomic E-state index is -1.29. The Morgan fingerprint density at radius 1 is 1.08 bits per heavy atom. The predicted molar refractivity (Wildman–Crippen MR) is 46.0 cm³/mol. The molecule has 0 amide bonds. The second-order valence-corrected chi connectivity index (χ2v) is 3.67. The molecule has 0 aromatic carbocycles. The standard InChI is InChI=1S/C8H17NO4/c1-4-5(9(2)3)6(10)7(11)8(12)13-4/h4-8,10-12H,1-3H3/t4-,5+,6+,7-,8+/m1/s1. The van der Waals surface area contributed by atoms with E-state index in [1.54, 1.807) is 25.9 Å². The van der Waals surface area contributed by atoms with Crippen molar-refractivity contribution in [2.24, 2.45) is 0 Å². The second kappa shape index (κ2) is 3.89. The molecular weight excluding hydrogens is 174 g/mol. The third kappa shape index (κ3) is 2.00. The van der Waals surface area contributed by atoms with Gasteiger partial charge in [-0.1, -0.05) is 0 Å². The topological polar surface area (TPSA) is 73.2 Å². The minimum Gasteiger partial charge on any atom is -0.388 e. The number of nitrogens with zero attached hydrogens (tertiary/aromatic N) is 1. The van der Waals surface area contributed by atoms with Crippen LogP contribution in [0, 0.1) is 0 Å². The summed E-state index contributed by atoms with van der Waals surface area (Å²) < 4.78 is 5.05. The first-order valence-corrected chi connectivity index (χ1v) is 4.31. The molecule has 0 aliphatic carbocycles. The number of aliphatic hydroxyl groups is 3. The monoisotopic (exact) mass is 191 g/mol. The van der Waals surface area contributed by atoms with Crippen molar-refractivity contribution in [3.05, 3.63) is 0 Å². The van der Waals surface area contributed by atoms with Crippen LogP contribution in [0.1, 0.15) is 6.92 Å². The molecule has 1 aliphatic heterocycles. The largest absolute Gasteiger partial charge is 0.388 e. The zero-order chi connectivity index (χ0) is 10.2. The van der Waals surface area contributed by atoms with Crippen molar-refractivity contribution in [3.63, 3.8) is 0 Å². The molecule has 5 heteroatoms. The lowest BCUT2D eigenvalue weighted by Crippen LogP contribution is -2.61. The first-order chi connectivity index (χ1) is 5.95. The molecule has 0 radical (unpaired) electrons. The van der Waals surface area contributed by atoms with Gasteiger partial charge >= 0.3 is 0 Å². The van der Waals surface area contributed by atoms with Crippen LogP contribution in [-0.2, 0) is 4.74 Å². The van der Waals surface area contributed by atoms with E-state index in [0.717, 1.165) is 0 Å². The van der Waals surface area contributed by atoms with Gasteiger partial charge in [0.1, 0.15) is 12.2 Å². The van der Waals surface area contributed by atoms with E-state index < -0.39 is 18.5 Å². The Morgan fingerprint density at radius 2 is 1.62 bits per heavy atom. The predicted octanol–water partition coefficient (Wildman–Crippen LogP) is -1.62. The molecule has 0 bridgehead atoms. The molecule has 3 N–H and O–H groups in total. The summed E-state index contributed by atoms with van der Waals surface area (Å²) in [5.41, 5.74) is 0. The molecule has 1 saturated heterocycles. The molecule has 1 rings (SSSR count). The molecule has 0 aromatic heterocycles. The number of aliphatic hydroxyl groups excluding tert-OH is 3. The first kappa shape index (κ1) is 10.9. The van der Waals surface area contributed by atoms with Crippen LogP contribution >= 0.6 is 0 Å². The van der Waals surface area contributed by atoms with Gasteiger partial charge in [-0.2, -0.15) is 0 Å². The highest BCUT2D eigenvalue weighted by Gasteiger charge is 2.42. The number of ether oxygens (including phenoxy) is 1. The van der Waals surface area contributed by atoms with Crippen LogP contribution in [0.3, 0.4) is 0 Å². The van der Waals surface area contributed by atoms with Gasteiger partial charge in [0.05, 0.1) is 12.1 Å². The van der Waals surface area contributed by atoms with E-state index in [1.807, 2.05) is 0 Å². The molecule has 1 fully saturated rings. The molecule has 0 spiro atoms. The van der Waals surface area contributed by atoms with E-state index in [4.69, 9.17) is 9.84 Å². The highest BCUT2D eigenvalue weighted by molar-refractivity contribution is 4.91. The highest BCUT2D eigenvalue weighted by Crippen LogP contribution is 2.22. The molecule has 5 nitrogen and oxygen atoms in total. The number of hydrogen-bond donors (Lipinski definition) is 3. The van der Waals surface area contributed by atoms with E-state index in [0.29, 0.717) is 0 Å². The van der Waals surface area contributed by atoms with Gasteiger partial charge < -0.3 is 25.0 Å². The van der Waals surface area contributed by atoms with Gasteiger partial charge in [0, 0.05) is 0 Å². The van der Waals surface area contributed by atoms with E-state index in [9.17, 15) is 10.2 Å². The summed E-state index contributed by atoms with van der Waals surface area (Å²) in [5.74, 6) is 0. The summed E-state index contributed by atoms with van der Waals surface area (Å²) in [6, 6.07) is -0.293. The summed E-state index contributed by atoms with van der Waals surface area (Å²) in [7, 11) is 3.58. The van der Waals surface area contributed by atoms with Crippen LogP contribution in [0.2, 0.25) is 0 Å². The maximum absolute atomic E-state index is 9.62. The van der Waals surface area contributed by atoms with Crippen LogP contribution in [0.4, 0.5) is 0 Å². The zero-order valence-electron chi connectivity index (χ0n) is 8.08. The summed E-state index contributed by atoms with van der Waals surface area (Å²) in [5, 5.41) is 28.1. The van der Waals surface area contributed by atoms with Gasteiger partial charge in [-0.25, -0.2) is 0 Å². The van der Waals surface area contributed by atoms with Crippen molar-refractivity contribution in [2.45, 2.75) is 37.6 Å². The summed E-state index contributed by atoms with van der Waals surface area (Å²) in [4.78, 5) is 1.77. The van der Waals surface area contributed by atoms with Crippen molar-refractivity contribution in [3.8, 4) is 0 Å². The third-order valence-corrected chi connectivity index (χ3v) is 2.42. The lowest BCUT2D eigenvalue weighted by molar-refractivity contribution is -0.263. The maximum Gasteiger partial charge on any atom is 0.183 e. The molecule has 1 heterocycles. The molecule has 0 saturated carbocycles. The second-order valence-electron chi connectivity index (χ2n) is 3.67. The Balaban J connectivity index is 2.73. The first-order valence-electron chi connectivity index (χ1n) is 4.31. The van der Waals surface area contributed by atoms with Gasteiger partial charge in [0.2, 0.25) is 0 Å². The van der Waals surface area contributed by atoms with Gasteiger partial charge in [0.15, 0.2) is 6.29 Å². The fraction of sp³-hybridized carbons (Fsp3) is 1.00. The van der Waals surface area contributed by atoms with Crippen molar-refractivity contribution in [1.29, 1.82) is 0 Å². The van der Waals surface area contributed by atoms with Crippen LogP contribution < -0.4 is 0 Å². The van der Waals surface area contributed by atoms with Gasteiger partial charge in [0.25, 0.3) is 0 Å². The van der Waals surface area contributed by atoms with Crippen molar-refractivity contribution < 1.29 is 20.1 Å². The van der Waals surface area contributed by atoms with Gasteiger partial charge in [-0.15, -0.1) is 0 Å². The fourth-order valence-electron chi connectivity index (χ4n) is 1.75. The molecule has 5 atom stereocenters. The highest BCUT2D eigenvalue weighted by atomic mass is 16.6. The normalized spacial score (nSPS) is 46.8. The average Bonchev–Trinajstić information content (AvgIpc) is 1.99. The van der Waals surface area contributed by atoms with Crippen molar-refractivity contribution in [1.82, 2.24) is 4.90 Å². The van der Waals surface area contributed by atoms with Gasteiger partial charge in [-0.3, -0.25) is 0 Å². The Bertz CT molecular complexity index is 176. The fourth-order valence-corrected chi connectivity index (χ4v) is 1.75. The van der Waals surface area contributed by atoms with E-state index in [-0.39, 0.29) is 12.1 Å². The molecule has 1 aliphatic rings. The lowest BCUT2D eigenvalue weighted by atomic mass is 9.96.